The van der Waals surface area contributed by atoms with Gasteiger partial charge in [-0.05, 0) is 25.8 Å². The maximum Gasteiger partial charge on any atom is 0.320 e. The minimum Gasteiger partial charge on any atom is -0.480 e. The molecule has 0 spiro atoms. The Hall–Kier alpha value is -0.940. The normalized spacial score (nSPS) is 23.5. The van der Waals surface area contributed by atoms with Gasteiger partial charge in [0.15, 0.2) is 0 Å². The van der Waals surface area contributed by atoms with Crippen LogP contribution in [-0.2, 0) is 4.79 Å². The van der Waals surface area contributed by atoms with Crippen LogP contribution in [0.15, 0.2) is 11.6 Å². The van der Waals surface area contributed by atoms with Gasteiger partial charge in [-0.1, -0.05) is 6.92 Å². The molecule has 1 N–H and O–H groups in total. The van der Waals surface area contributed by atoms with Gasteiger partial charge in [-0.3, -0.25) is 9.69 Å². The molecule has 1 saturated heterocycles. The van der Waals surface area contributed by atoms with E-state index >= 15 is 0 Å². The van der Waals surface area contributed by atoms with Crippen molar-refractivity contribution in [3.05, 3.63) is 16.6 Å². The summed E-state index contributed by atoms with van der Waals surface area (Å²) in [5, 5.41) is 12.3. The molecule has 1 aromatic rings. The van der Waals surface area contributed by atoms with Gasteiger partial charge in [-0.15, -0.1) is 11.3 Å². The van der Waals surface area contributed by atoms with Gasteiger partial charge < -0.3 is 5.11 Å². The van der Waals surface area contributed by atoms with Crippen LogP contribution in [0, 0.1) is 0 Å². The fraction of sp³-hybridized carbons (Fsp3) is 0.667. The summed E-state index contributed by atoms with van der Waals surface area (Å²) in [7, 11) is 0. The van der Waals surface area contributed by atoms with Gasteiger partial charge in [0, 0.05) is 24.0 Å². The molecule has 4 nitrogen and oxygen atoms in total. The van der Waals surface area contributed by atoms with Crippen LogP contribution in [0.3, 0.4) is 0 Å². The second-order valence-electron chi connectivity index (χ2n) is 4.47. The Morgan fingerprint density at radius 3 is 3.18 bits per heavy atom. The predicted molar refractivity (Wildman–Crippen MR) is 67.4 cm³/mol. The number of nitrogens with zero attached hydrogens (tertiary/aromatic N) is 2. The van der Waals surface area contributed by atoms with E-state index in [4.69, 9.17) is 0 Å². The molecule has 2 rings (SSSR count). The third-order valence-corrected chi connectivity index (χ3v) is 4.30. The minimum atomic E-state index is -0.702. The topological polar surface area (TPSA) is 53.4 Å². The first kappa shape index (κ1) is 12.5. The second kappa shape index (κ2) is 5.60. The van der Waals surface area contributed by atoms with Crippen LogP contribution >= 0.6 is 11.3 Å². The van der Waals surface area contributed by atoms with E-state index in [-0.39, 0.29) is 6.04 Å². The number of aromatic nitrogens is 1. The van der Waals surface area contributed by atoms with Gasteiger partial charge in [0.1, 0.15) is 6.04 Å². The molecule has 0 amide bonds. The first-order valence-electron chi connectivity index (χ1n) is 6.08. The number of likely N-dealkylation sites (tertiary alicyclic amines) is 1. The molecule has 0 radical (unpaired) electrons. The number of thiazole rings is 1. The highest BCUT2D eigenvalue weighted by Crippen LogP contribution is 2.29. The van der Waals surface area contributed by atoms with Crippen LogP contribution in [0.5, 0.6) is 0 Å². The van der Waals surface area contributed by atoms with Gasteiger partial charge in [-0.2, -0.15) is 0 Å². The summed E-state index contributed by atoms with van der Waals surface area (Å²) in [6, 6.07) is -0.335. The van der Waals surface area contributed by atoms with Crippen LogP contribution in [0.2, 0.25) is 0 Å². The Balaban J connectivity index is 2.04. The Morgan fingerprint density at radius 2 is 2.59 bits per heavy atom. The Labute approximate surface area is 105 Å². The molecule has 1 aliphatic rings. The van der Waals surface area contributed by atoms with Crippen molar-refractivity contribution in [1.29, 1.82) is 0 Å². The van der Waals surface area contributed by atoms with E-state index in [0.29, 0.717) is 12.3 Å². The molecule has 0 unspecified atom stereocenters. The lowest BCUT2D eigenvalue weighted by Crippen LogP contribution is -2.45. The third-order valence-electron chi connectivity index (χ3n) is 3.37. The molecule has 0 saturated carbocycles. The van der Waals surface area contributed by atoms with Crippen molar-refractivity contribution in [2.24, 2.45) is 0 Å². The van der Waals surface area contributed by atoms with Gasteiger partial charge in [0.05, 0.1) is 5.01 Å². The highest BCUT2D eigenvalue weighted by atomic mass is 32.1. The van der Waals surface area contributed by atoms with E-state index in [9.17, 15) is 9.90 Å². The van der Waals surface area contributed by atoms with Gasteiger partial charge >= 0.3 is 5.97 Å². The monoisotopic (exact) mass is 254 g/mol. The fourth-order valence-electron chi connectivity index (χ4n) is 2.52. The summed E-state index contributed by atoms with van der Waals surface area (Å²) < 4.78 is 0. The molecule has 0 bridgehead atoms. The van der Waals surface area contributed by atoms with Crippen molar-refractivity contribution in [3.63, 3.8) is 0 Å². The quantitative estimate of drug-likeness (QED) is 0.895. The molecular weight excluding hydrogens is 236 g/mol. The van der Waals surface area contributed by atoms with Crippen molar-refractivity contribution < 1.29 is 9.90 Å². The molecule has 5 heteroatoms. The van der Waals surface area contributed by atoms with Crippen LogP contribution in [0.1, 0.15) is 37.1 Å². The van der Waals surface area contributed by atoms with E-state index in [1.165, 1.54) is 0 Å². The van der Waals surface area contributed by atoms with E-state index in [1.807, 2.05) is 18.5 Å². The average molecular weight is 254 g/mol. The summed E-state index contributed by atoms with van der Waals surface area (Å²) in [5.41, 5.74) is 0. The molecule has 0 aromatic carbocycles. The number of carboxylic acid groups (broad SMARTS) is 1. The van der Waals surface area contributed by atoms with Gasteiger partial charge in [0.25, 0.3) is 0 Å². The second-order valence-corrected chi connectivity index (χ2v) is 5.39. The summed E-state index contributed by atoms with van der Waals surface area (Å²) in [6.45, 7) is 3.66. The lowest BCUT2D eigenvalue weighted by atomic mass is 9.96. The Kier molecular flexibility index (Phi) is 4.12. The smallest absolute Gasteiger partial charge is 0.320 e. The summed E-state index contributed by atoms with van der Waals surface area (Å²) >= 11 is 1.67. The van der Waals surface area contributed by atoms with Crippen LogP contribution < -0.4 is 0 Å². The summed E-state index contributed by atoms with van der Waals surface area (Å²) in [4.78, 5) is 17.6. The summed E-state index contributed by atoms with van der Waals surface area (Å²) in [6.07, 6.45) is 4.68. The number of carboxylic acids is 1. The number of hydrogen-bond acceptors (Lipinski definition) is 4. The molecule has 2 heterocycles. The van der Waals surface area contributed by atoms with Crippen LogP contribution in [0.25, 0.3) is 0 Å². The zero-order valence-corrected chi connectivity index (χ0v) is 10.8. The van der Waals surface area contributed by atoms with Crippen molar-refractivity contribution in [2.75, 3.05) is 13.1 Å². The zero-order chi connectivity index (χ0) is 12.3. The molecule has 17 heavy (non-hydrogen) atoms. The van der Waals surface area contributed by atoms with E-state index in [2.05, 4.69) is 9.88 Å². The maximum absolute atomic E-state index is 11.2. The number of rotatable bonds is 4. The molecule has 1 aromatic heterocycles. The first-order chi connectivity index (χ1) is 8.22. The SMILES string of the molecule is CC[C@H](C(=O)O)N1CCC[C@H](c2nccs2)C1. The van der Waals surface area contributed by atoms with Crippen molar-refractivity contribution >= 4 is 17.3 Å². The van der Waals surface area contributed by atoms with Gasteiger partial charge in [0.2, 0.25) is 0 Å². The first-order valence-corrected chi connectivity index (χ1v) is 6.96. The summed E-state index contributed by atoms with van der Waals surface area (Å²) in [5.74, 6) is -0.288. The fourth-order valence-corrected chi connectivity index (χ4v) is 3.28. The third kappa shape index (κ3) is 2.84. The average Bonchev–Trinajstić information content (AvgIpc) is 2.83. The maximum atomic E-state index is 11.2. The van der Waals surface area contributed by atoms with Gasteiger partial charge in [-0.25, -0.2) is 4.98 Å². The highest BCUT2D eigenvalue weighted by molar-refractivity contribution is 7.09. The number of hydrogen-bond donors (Lipinski definition) is 1. The van der Waals surface area contributed by atoms with E-state index in [1.54, 1.807) is 11.3 Å². The molecule has 0 aliphatic carbocycles. The number of piperidine rings is 1. The Morgan fingerprint density at radius 1 is 1.76 bits per heavy atom. The Bertz CT molecular complexity index is 367. The minimum absolute atomic E-state index is 0.335. The van der Waals surface area contributed by atoms with Crippen molar-refractivity contribution in [3.8, 4) is 0 Å². The lowest BCUT2D eigenvalue weighted by Gasteiger charge is -2.35. The number of aliphatic carboxylic acids is 1. The lowest BCUT2D eigenvalue weighted by molar-refractivity contribution is -0.144. The largest absolute Gasteiger partial charge is 0.480 e. The standard InChI is InChI=1S/C12H18N2O2S/c1-2-10(12(15)16)14-6-3-4-9(8-14)11-13-5-7-17-11/h5,7,9-10H,2-4,6,8H2,1H3,(H,15,16)/t9-,10+/m0/s1. The predicted octanol–water partition coefficient (Wildman–Crippen LogP) is 2.19. The molecular formula is C12H18N2O2S. The molecule has 2 atom stereocenters. The molecule has 1 fully saturated rings. The molecule has 1 aliphatic heterocycles. The van der Waals surface area contributed by atoms with Crippen LogP contribution in [-0.4, -0.2) is 40.1 Å². The highest BCUT2D eigenvalue weighted by Gasteiger charge is 2.30. The van der Waals surface area contributed by atoms with Crippen molar-refractivity contribution in [1.82, 2.24) is 9.88 Å². The van der Waals surface area contributed by atoms with Crippen molar-refractivity contribution in [2.45, 2.75) is 38.1 Å². The van der Waals surface area contributed by atoms with E-state index in [0.717, 1.165) is 30.9 Å². The van der Waals surface area contributed by atoms with E-state index < -0.39 is 5.97 Å². The zero-order valence-electron chi connectivity index (χ0n) is 10.0. The van der Waals surface area contributed by atoms with Crippen LogP contribution in [0.4, 0.5) is 0 Å². The number of carbonyl (C=O) groups is 1. The molecule has 94 valence electrons.